The zero-order chi connectivity index (χ0) is 16.8. The van der Waals surface area contributed by atoms with Gasteiger partial charge in [-0.1, -0.05) is 36.4 Å². The molecule has 0 aliphatic carbocycles. The largest absolute Gasteiger partial charge is 0.467 e. The molecule has 0 saturated carbocycles. The molecule has 0 aliphatic heterocycles. The number of carbonyl (C=O) groups is 2. The number of hydrogen-bond donors (Lipinski definition) is 0. The van der Waals surface area contributed by atoms with Crippen LogP contribution in [0.15, 0.2) is 42.5 Å². The van der Waals surface area contributed by atoms with Crippen LogP contribution in [-0.2, 0) is 14.3 Å². The summed E-state index contributed by atoms with van der Waals surface area (Å²) < 4.78 is 9.90. The summed E-state index contributed by atoms with van der Waals surface area (Å²) in [7, 11) is 2.80. The third-order valence-corrected chi connectivity index (χ3v) is 3.80. The molecule has 2 aromatic rings. The Hall–Kier alpha value is -2.40. The number of methoxy groups -OCH3 is 2. The fourth-order valence-corrected chi connectivity index (χ4v) is 2.65. The van der Waals surface area contributed by atoms with Gasteiger partial charge in [0.25, 0.3) is 5.91 Å². The highest BCUT2D eigenvalue weighted by Crippen LogP contribution is 2.21. The fourth-order valence-electron chi connectivity index (χ4n) is 2.65. The first-order valence-electron chi connectivity index (χ1n) is 7.49. The first-order valence-corrected chi connectivity index (χ1v) is 7.49. The summed E-state index contributed by atoms with van der Waals surface area (Å²) in [6.45, 7) is 2.30. The second-order valence-electron chi connectivity index (χ2n) is 5.11. The number of likely N-dealkylation sites (N-methyl/N-ethyl adjacent to an activating group) is 1. The number of esters is 1. The van der Waals surface area contributed by atoms with Crippen LogP contribution in [0.2, 0.25) is 0 Å². The van der Waals surface area contributed by atoms with Crippen LogP contribution in [0.4, 0.5) is 0 Å². The molecule has 2 rings (SSSR count). The lowest BCUT2D eigenvalue weighted by Gasteiger charge is -2.28. The van der Waals surface area contributed by atoms with E-state index in [4.69, 9.17) is 9.47 Å². The van der Waals surface area contributed by atoms with Gasteiger partial charge in [-0.3, -0.25) is 4.79 Å². The van der Waals surface area contributed by atoms with Gasteiger partial charge in [-0.25, -0.2) is 4.79 Å². The Bertz CT molecular complexity index is 693. The molecule has 122 valence electrons. The van der Waals surface area contributed by atoms with Gasteiger partial charge in [0.15, 0.2) is 6.04 Å². The second-order valence-corrected chi connectivity index (χ2v) is 5.11. The van der Waals surface area contributed by atoms with Gasteiger partial charge < -0.3 is 14.4 Å². The lowest BCUT2D eigenvalue weighted by molar-refractivity contribution is -0.147. The maximum Gasteiger partial charge on any atom is 0.331 e. The van der Waals surface area contributed by atoms with Gasteiger partial charge in [0.05, 0.1) is 13.7 Å². The van der Waals surface area contributed by atoms with E-state index in [0.29, 0.717) is 12.1 Å². The molecule has 5 nitrogen and oxygen atoms in total. The van der Waals surface area contributed by atoms with Gasteiger partial charge >= 0.3 is 5.97 Å². The molecule has 0 saturated heterocycles. The molecule has 1 atom stereocenters. The molecule has 0 radical (unpaired) electrons. The number of ether oxygens (including phenoxy) is 2. The Labute approximate surface area is 135 Å². The Morgan fingerprint density at radius 1 is 1.09 bits per heavy atom. The van der Waals surface area contributed by atoms with Crippen LogP contribution in [-0.4, -0.2) is 50.2 Å². The third kappa shape index (κ3) is 3.51. The first-order chi connectivity index (χ1) is 11.1. The van der Waals surface area contributed by atoms with Crippen molar-refractivity contribution < 1.29 is 19.1 Å². The van der Waals surface area contributed by atoms with Crippen molar-refractivity contribution in [3.8, 4) is 0 Å². The molecular formula is C18H21NO4. The van der Waals surface area contributed by atoms with E-state index >= 15 is 0 Å². The van der Waals surface area contributed by atoms with Crippen molar-refractivity contribution in [2.24, 2.45) is 0 Å². The van der Waals surface area contributed by atoms with Crippen LogP contribution in [0, 0.1) is 0 Å². The SMILES string of the molecule is CCN(C(=O)c1cccc2ccccc12)C(COC)C(=O)OC. The summed E-state index contributed by atoms with van der Waals surface area (Å²) in [5.74, 6) is -0.695. The lowest BCUT2D eigenvalue weighted by Crippen LogP contribution is -2.48. The van der Waals surface area contributed by atoms with Crippen molar-refractivity contribution in [1.82, 2.24) is 4.90 Å². The van der Waals surface area contributed by atoms with Crippen molar-refractivity contribution >= 4 is 22.6 Å². The Morgan fingerprint density at radius 3 is 2.43 bits per heavy atom. The van der Waals surface area contributed by atoms with Crippen LogP contribution < -0.4 is 0 Å². The molecule has 1 amide bonds. The van der Waals surface area contributed by atoms with E-state index in [1.807, 2.05) is 43.3 Å². The number of hydrogen-bond acceptors (Lipinski definition) is 4. The quantitative estimate of drug-likeness (QED) is 0.769. The number of nitrogens with zero attached hydrogens (tertiary/aromatic N) is 1. The van der Waals surface area contributed by atoms with Gasteiger partial charge in [-0.15, -0.1) is 0 Å². The summed E-state index contributed by atoms with van der Waals surface area (Å²) in [4.78, 5) is 26.5. The summed E-state index contributed by atoms with van der Waals surface area (Å²) in [5.41, 5.74) is 0.565. The van der Waals surface area contributed by atoms with E-state index < -0.39 is 12.0 Å². The number of carbonyl (C=O) groups excluding carboxylic acids is 2. The number of fused-ring (bicyclic) bond motifs is 1. The Balaban J connectivity index is 2.43. The second kappa shape index (κ2) is 7.74. The van der Waals surface area contributed by atoms with Crippen molar-refractivity contribution in [2.75, 3.05) is 27.4 Å². The van der Waals surface area contributed by atoms with Gasteiger partial charge in [-0.2, -0.15) is 0 Å². The van der Waals surface area contributed by atoms with E-state index in [-0.39, 0.29) is 12.5 Å². The Kier molecular flexibility index (Phi) is 5.71. The molecule has 0 N–H and O–H groups in total. The highest BCUT2D eigenvalue weighted by molar-refractivity contribution is 6.08. The monoisotopic (exact) mass is 315 g/mol. The number of rotatable bonds is 6. The third-order valence-electron chi connectivity index (χ3n) is 3.80. The molecule has 0 aromatic heterocycles. The highest BCUT2D eigenvalue weighted by atomic mass is 16.5. The first kappa shape index (κ1) is 17.0. The summed E-state index contributed by atoms with van der Waals surface area (Å²) in [6.07, 6.45) is 0. The molecule has 0 spiro atoms. The van der Waals surface area contributed by atoms with Gasteiger partial charge in [0.1, 0.15) is 0 Å². The van der Waals surface area contributed by atoms with Gasteiger partial charge in [-0.05, 0) is 23.8 Å². The normalized spacial score (nSPS) is 12.0. The average Bonchev–Trinajstić information content (AvgIpc) is 2.60. The molecule has 0 heterocycles. The summed E-state index contributed by atoms with van der Waals surface area (Å²) in [6, 6.07) is 12.5. The van der Waals surface area contributed by atoms with E-state index in [2.05, 4.69) is 0 Å². The predicted octanol–water partition coefficient (Wildman–Crippen LogP) is 2.49. The van der Waals surface area contributed by atoms with Crippen LogP contribution in [0.5, 0.6) is 0 Å². The van der Waals surface area contributed by atoms with Crippen LogP contribution in [0.3, 0.4) is 0 Å². The minimum absolute atomic E-state index is 0.0943. The summed E-state index contributed by atoms with van der Waals surface area (Å²) >= 11 is 0. The van der Waals surface area contributed by atoms with Crippen LogP contribution in [0.25, 0.3) is 10.8 Å². The van der Waals surface area contributed by atoms with E-state index in [9.17, 15) is 9.59 Å². The molecule has 5 heteroatoms. The number of amides is 1. The molecule has 0 bridgehead atoms. The minimum Gasteiger partial charge on any atom is -0.467 e. The maximum atomic E-state index is 13.0. The van der Waals surface area contributed by atoms with Crippen molar-refractivity contribution in [1.29, 1.82) is 0 Å². The van der Waals surface area contributed by atoms with Gasteiger partial charge in [0.2, 0.25) is 0 Å². The molecule has 0 aliphatic rings. The van der Waals surface area contributed by atoms with E-state index in [1.165, 1.54) is 19.1 Å². The predicted molar refractivity (Wildman–Crippen MR) is 88.3 cm³/mol. The zero-order valence-corrected chi connectivity index (χ0v) is 13.6. The van der Waals surface area contributed by atoms with E-state index in [1.54, 1.807) is 6.07 Å². The van der Waals surface area contributed by atoms with Gasteiger partial charge in [0, 0.05) is 19.2 Å². The average molecular weight is 315 g/mol. The Morgan fingerprint density at radius 2 is 1.78 bits per heavy atom. The smallest absolute Gasteiger partial charge is 0.331 e. The highest BCUT2D eigenvalue weighted by Gasteiger charge is 2.30. The van der Waals surface area contributed by atoms with E-state index in [0.717, 1.165) is 10.8 Å². The standard InChI is InChI=1S/C18H21NO4/c1-4-19(16(12-22-2)18(21)23-3)17(20)15-11-7-9-13-8-5-6-10-14(13)15/h5-11,16H,4,12H2,1-3H3. The fraction of sp³-hybridized carbons (Fsp3) is 0.333. The topological polar surface area (TPSA) is 55.8 Å². The van der Waals surface area contributed by atoms with Crippen molar-refractivity contribution in [2.45, 2.75) is 13.0 Å². The van der Waals surface area contributed by atoms with Crippen molar-refractivity contribution in [3.05, 3.63) is 48.0 Å². The lowest BCUT2D eigenvalue weighted by atomic mass is 10.0. The van der Waals surface area contributed by atoms with Crippen LogP contribution in [0.1, 0.15) is 17.3 Å². The van der Waals surface area contributed by atoms with Crippen LogP contribution >= 0.6 is 0 Å². The molecule has 2 aromatic carbocycles. The molecular weight excluding hydrogens is 294 g/mol. The maximum absolute atomic E-state index is 13.0. The minimum atomic E-state index is -0.763. The van der Waals surface area contributed by atoms with Crippen molar-refractivity contribution in [3.63, 3.8) is 0 Å². The zero-order valence-electron chi connectivity index (χ0n) is 13.6. The molecule has 23 heavy (non-hydrogen) atoms. The summed E-state index contributed by atoms with van der Waals surface area (Å²) in [5, 5.41) is 1.84. The molecule has 1 unspecified atom stereocenters. The molecule has 0 fully saturated rings. The number of benzene rings is 2.